The summed E-state index contributed by atoms with van der Waals surface area (Å²) in [4.78, 5) is 26.0. The number of hydrogen-bond donors (Lipinski definition) is 1. The van der Waals surface area contributed by atoms with E-state index < -0.39 is 38.6 Å². The van der Waals surface area contributed by atoms with E-state index >= 15 is 0 Å². The molecule has 1 unspecified atom stereocenters. The number of anilines is 1. The maximum absolute atomic E-state index is 13.2. The van der Waals surface area contributed by atoms with E-state index in [-0.39, 0.29) is 21.3 Å². The molecule has 4 rings (SSSR count). The highest BCUT2D eigenvalue weighted by Crippen LogP contribution is 2.32. The van der Waals surface area contributed by atoms with Crippen molar-refractivity contribution in [3.63, 3.8) is 0 Å². The Morgan fingerprint density at radius 3 is 2.03 bits per heavy atom. The molecule has 1 atom stereocenters. The molecule has 10 heteroatoms. The van der Waals surface area contributed by atoms with Gasteiger partial charge in [-0.2, -0.15) is 0 Å². The van der Waals surface area contributed by atoms with Crippen LogP contribution in [0.1, 0.15) is 32.4 Å². The Morgan fingerprint density at radius 2 is 1.41 bits per heavy atom. The van der Waals surface area contributed by atoms with Gasteiger partial charge in [-0.15, -0.1) is 0 Å². The number of hydrogen-bond acceptors (Lipinski definition) is 5. The van der Waals surface area contributed by atoms with Gasteiger partial charge in [-0.1, -0.05) is 83.9 Å². The van der Waals surface area contributed by atoms with E-state index in [9.17, 15) is 22.4 Å². The fourth-order valence-electron chi connectivity index (χ4n) is 3.44. The van der Waals surface area contributed by atoms with Gasteiger partial charge in [-0.05, 0) is 36.4 Å². The van der Waals surface area contributed by atoms with E-state index in [1.54, 1.807) is 60.7 Å². The van der Waals surface area contributed by atoms with Gasteiger partial charge in [0, 0.05) is 16.8 Å². The SMILES string of the molecule is O=C(OC(C(=O)c1ccccc1)c1ccccc1)c1cc(S(=O)(=O)Nc2ccc(F)cc2)c(Cl)cc1Cl. The summed E-state index contributed by atoms with van der Waals surface area (Å²) in [6.45, 7) is 0. The van der Waals surface area contributed by atoms with Crippen LogP contribution in [0.3, 0.4) is 0 Å². The van der Waals surface area contributed by atoms with Gasteiger partial charge in [-0.3, -0.25) is 9.52 Å². The first-order valence-electron chi connectivity index (χ1n) is 10.8. The lowest BCUT2D eigenvalue weighted by atomic mass is 10.00. The van der Waals surface area contributed by atoms with Gasteiger partial charge in [-0.25, -0.2) is 17.6 Å². The van der Waals surface area contributed by atoms with Crippen LogP contribution in [0.2, 0.25) is 10.0 Å². The Balaban J connectivity index is 1.68. The fraction of sp³-hybridized carbons (Fsp3) is 0.0370. The smallest absolute Gasteiger partial charge is 0.340 e. The molecule has 0 amide bonds. The lowest BCUT2D eigenvalue weighted by molar-refractivity contribution is 0.0280. The molecule has 0 saturated heterocycles. The van der Waals surface area contributed by atoms with Crippen LogP contribution in [0.5, 0.6) is 0 Å². The van der Waals surface area contributed by atoms with Crippen LogP contribution in [-0.2, 0) is 14.8 Å². The van der Waals surface area contributed by atoms with Crippen molar-refractivity contribution in [2.24, 2.45) is 0 Å². The van der Waals surface area contributed by atoms with Crippen molar-refractivity contribution in [1.29, 1.82) is 0 Å². The van der Waals surface area contributed by atoms with Gasteiger partial charge in [0.2, 0.25) is 5.78 Å². The summed E-state index contributed by atoms with van der Waals surface area (Å²) in [7, 11) is -4.31. The number of benzene rings is 4. The van der Waals surface area contributed by atoms with Gasteiger partial charge in [0.1, 0.15) is 10.7 Å². The summed E-state index contributed by atoms with van der Waals surface area (Å²) in [6.07, 6.45) is -1.32. The van der Waals surface area contributed by atoms with Gasteiger partial charge in [0.15, 0.2) is 6.10 Å². The first-order valence-corrected chi connectivity index (χ1v) is 13.0. The van der Waals surface area contributed by atoms with E-state index in [0.717, 1.165) is 24.3 Å². The summed E-state index contributed by atoms with van der Waals surface area (Å²) < 4.78 is 47.0. The predicted octanol–water partition coefficient (Wildman–Crippen LogP) is 6.71. The summed E-state index contributed by atoms with van der Waals surface area (Å²) in [5.41, 5.74) is 0.500. The fourth-order valence-corrected chi connectivity index (χ4v) is 5.35. The average Bonchev–Trinajstić information content (AvgIpc) is 2.89. The second kappa shape index (κ2) is 11.1. The van der Waals surface area contributed by atoms with E-state index in [4.69, 9.17) is 27.9 Å². The van der Waals surface area contributed by atoms with Crippen LogP contribution < -0.4 is 4.72 Å². The molecule has 37 heavy (non-hydrogen) atoms. The maximum atomic E-state index is 13.2. The Labute approximate surface area is 222 Å². The third kappa shape index (κ3) is 6.17. The van der Waals surface area contributed by atoms with Gasteiger partial charge in [0.05, 0.1) is 15.6 Å². The highest BCUT2D eigenvalue weighted by Gasteiger charge is 2.29. The summed E-state index contributed by atoms with van der Waals surface area (Å²) >= 11 is 12.4. The zero-order valence-electron chi connectivity index (χ0n) is 18.9. The number of ketones is 1. The number of carbonyl (C=O) groups excluding carboxylic acids is 2. The molecule has 0 heterocycles. The largest absolute Gasteiger partial charge is 0.445 e. The standard InChI is InChI=1S/C27H18Cl2FNO5S/c28-22-16-23(29)24(37(34,35)31-20-13-11-19(30)12-14-20)15-21(22)27(33)36-26(18-9-5-2-6-10-18)25(32)17-7-3-1-4-8-17/h1-16,26,31H. The Kier molecular flexibility index (Phi) is 7.92. The van der Waals surface area contributed by atoms with Crippen LogP contribution in [0.25, 0.3) is 0 Å². The number of esters is 1. The summed E-state index contributed by atoms with van der Waals surface area (Å²) in [6, 6.07) is 23.3. The molecule has 0 spiro atoms. The molecule has 0 aromatic heterocycles. The van der Waals surface area contributed by atoms with Crippen molar-refractivity contribution in [2.45, 2.75) is 11.0 Å². The summed E-state index contributed by atoms with van der Waals surface area (Å²) in [5, 5.41) is -0.425. The molecule has 1 N–H and O–H groups in total. The van der Waals surface area contributed by atoms with E-state index in [1.165, 1.54) is 12.1 Å². The van der Waals surface area contributed by atoms with Crippen LogP contribution >= 0.6 is 23.2 Å². The second-order valence-corrected chi connectivity index (χ2v) is 10.3. The number of halogens is 3. The van der Waals surface area contributed by atoms with Gasteiger partial charge in [0.25, 0.3) is 10.0 Å². The molecule has 0 bridgehead atoms. The van der Waals surface area contributed by atoms with Gasteiger partial charge < -0.3 is 4.74 Å². The number of rotatable bonds is 8. The lowest BCUT2D eigenvalue weighted by Gasteiger charge is -2.18. The van der Waals surface area contributed by atoms with Crippen molar-refractivity contribution >= 4 is 50.7 Å². The third-order valence-corrected chi connectivity index (χ3v) is 7.41. The number of carbonyl (C=O) groups is 2. The molecular formula is C27H18Cl2FNO5S. The molecule has 0 aliphatic carbocycles. The third-order valence-electron chi connectivity index (χ3n) is 5.25. The molecule has 4 aromatic rings. The molecule has 188 valence electrons. The Bertz CT molecular complexity index is 1550. The van der Waals surface area contributed by atoms with E-state index in [0.29, 0.717) is 11.1 Å². The predicted molar refractivity (Wildman–Crippen MR) is 139 cm³/mol. The van der Waals surface area contributed by atoms with Crippen LogP contribution in [0.4, 0.5) is 10.1 Å². The summed E-state index contributed by atoms with van der Waals surface area (Å²) in [5.74, 6) is -2.05. The topological polar surface area (TPSA) is 89.5 Å². The highest BCUT2D eigenvalue weighted by molar-refractivity contribution is 7.92. The number of Topliss-reactive ketones (excluding diaryl/α,β-unsaturated/α-hetero) is 1. The minimum atomic E-state index is -4.31. The van der Waals surface area contributed by atoms with Crippen molar-refractivity contribution in [3.05, 3.63) is 130 Å². The number of ether oxygens (including phenoxy) is 1. The molecule has 0 saturated carbocycles. The van der Waals surface area contributed by atoms with E-state index in [2.05, 4.69) is 4.72 Å². The Morgan fingerprint density at radius 1 is 0.811 bits per heavy atom. The Hall–Kier alpha value is -3.72. The second-order valence-electron chi connectivity index (χ2n) is 7.80. The molecule has 0 aliphatic rings. The maximum Gasteiger partial charge on any atom is 0.340 e. The lowest BCUT2D eigenvalue weighted by Crippen LogP contribution is -2.21. The zero-order chi connectivity index (χ0) is 26.6. The number of nitrogens with one attached hydrogen (secondary N) is 1. The quantitative estimate of drug-likeness (QED) is 0.192. The molecule has 4 aromatic carbocycles. The molecular weight excluding hydrogens is 540 g/mol. The number of sulfonamides is 1. The van der Waals surface area contributed by atoms with Crippen molar-refractivity contribution < 1.29 is 27.1 Å². The molecule has 0 radical (unpaired) electrons. The van der Waals surface area contributed by atoms with Crippen molar-refractivity contribution in [2.75, 3.05) is 4.72 Å². The monoisotopic (exact) mass is 557 g/mol. The average molecular weight is 558 g/mol. The van der Waals surface area contributed by atoms with Crippen LogP contribution in [-0.4, -0.2) is 20.2 Å². The molecule has 6 nitrogen and oxygen atoms in total. The zero-order valence-corrected chi connectivity index (χ0v) is 21.2. The first kappa shape index (κ1) is 26.3. The van der Waals surface area contributed by atoms with Crippen molar-refractivity contribution in [3.8, 4) is 0 Å². The normalized spacial score (nSPS) is 12.0. The molecule has 0 fully saturated rings. The molecule has 0 aliphatic heterocycles. The minimum Gasteiger partial charge on any atom is -0.445 e. The van der Waals surface area contributed by atoms with Crippen LogP contribution in [0, 0.1) is 5.82 Å². The van der Waals surface area contributed by atoms with Crippen LogP contribution in [0.15, 0.2) is 102 Å². The highest BCUT2D eigenvalue weighted by atomic mass is 35.5. The van der Waals surface area contributed by atoms with E-state index in [1.807, 2.05) is 0 Å². The van der Waals surface area contributed by atoms with Crippen molar-refractivity contribution in [1.82, 2.24) is 0 Å². The van der Waals surface area contributed by atoms with Gasteiger partial charge >= 0.3 is 5.97 Å². The minimum absolute atomic E-state index is 0.0779. The first-order chi connectivity index (χ1) is 17.7.